The normalized spacial score (nSPS) is 10.1. The zero-order valence-electron chi connectivity index (χ0n) is 19.1. The molecule has 0 aliphatic rings. The predicted molar refractivity (Wildman–Crippen MR) is 135 cm³/mol. The third-order valence-corrected chi connectivity index (χ3v) is 5.17. The van der Waals surface area contributed by atoms with Crippen LogP contribution in [-0.4, -0.2) is 24.3 Å². The maximum Gasteiger partial charge on any atom is 0.417 e. The Balaban J connectivity index is 1.57. The van der Waals surface area contributed by atoms with E-state index in [9.17, 15) is 19.6 Å². The summed E-state index contributed by atoms with van der Waals surface area (Å²) in [4.78, 5) is 38.9. The molecule has 0 radical (unpaired) electrons. The van der Waals surface area contributed by atoms with Crippen LogP contribution >= 0.6 is 0 Å². The van der Waals surface area contributed by atoms with Gasteiger partial charge in [-0.1, -0.05) is 42.5 Å². The van der Waals surface area contributed by atoms with Gasteiger partial charge in [0.25, 0.3) is 5.56 Å². The molecular formula is C27H20N4O5. The van der Waals surface area contributed by atoms with Crippen LogP contribution in [-0.2, 0) is 4.74 Å². The standard InChI is InChI=1S/C27H20N4O5/c1-35-26(33)29-20-11-7-18(8-12-20)24-15-22(23(16-28)25(32)31-24)17-9-13-21(14-10-17)36-27(34)30-19-5-3-2-4-6-19/h2-15H,1H3,(H,29,33)(H,30,34)(H,31,32). The molecule has 0 aliphatic heterocycles. The van der Waals surface area contributed by atoms with E-state index in [0.29, 0.717) is 39.5 Å². The number of carbonyl (C=O) groups excluding carboxylic acids is 2. The first kappa shape index (κ1) is 23.8. The van der Waals surface area contributed by atoms with Crippen molar-refractivity contribution in [2.24, 2.45) is 0 Å². The van der Waals surface area contributed by atoms with Gasteiger partial charge in [-0.25, -0.2) is 9.59 Å². The number of ether oxygens (including phenoxy) is 2. The van der Waals surface area contributed by atoms with Crippen LogP contribution in [0.5, 0.6) is 5.75 Å². The molecule has 0 unspecified atom stereocenters. The lowest BCUT2D eigenvalue weighted by Crippen LogP contribution is -2.16. The molecule has 178 valence electrons. The molecule has 9 heteroatoms. The summed E-state index contributed by atoms with van der Waals surface area (Å²) in [6.45, 7) is 0. The van der Waals surface area contributed by atoms with E-state index in [4.69, 9.17) is 4.74 Å². The van der Waals surface area contributed by atoms with Gasteiger partial charge in [0.2, 0.25) is 0 Å². The molecule has 4 rings (SSSR count). The molecule has 0 atom stereocenters. The highest BCUT2D eigenvalue weighted by atomic mass is 16.6. The van der Waals surface area contributed by atoms with Gasteiger partial charge in [-0.05, 0) is 53.6 Å². The van der Waals surface area contributed by atoms with Crippen LogP contribution in [0.3, 0.4) is 0 Å². The second kappa shape index (κ2) is 10.7. The van der Waals surface area contributed by atoms with Crippen LogP contribution < -0.4 is 20.9 Å². The molecule has 1 aromatic heterocycles. The highest BCUT2D eigenvalue weighted by Crippen LogP contribution is 2.28. The number of pyridine rings is 1. The van der Waals surface area contributed by atoms with Crippen molar-refractivity contribution in [3.05, 3.63) is 101 Å². The summed E-state index contributed by atoms with van der Waals surface area (Å²) in [5.74, 6) is 0.296. The van der Waals surface area contributed by atoms with Crippen molar-refractivity contribution in [3.8, 4) is 34.2 Å². The number of methoxy groups -OCH3 is 1. The number of rotatable bonds is 5. The van der Waals surface area contributed by atoms with Gasteiger partial charge in [-0.3, -0.25) is 15.4 Å². The van der Waals surface area contributed by atoms with Gasteiger partial charge in [0, 0.05) is 22.6 Å². The lowest BCUT2D eigenvalue weighted by atomic mass is 9.99. The molecule has 4 aromatic rings. The monoisotopic (exact) mass is 480 g/mol. The number of amides is 2. The van der Waals surface area contributed by atoms with E-state index in [2.05, 4.69) is 20.4 Å². The summed E-state index contributed by atoms with van der Waals surface area (Å²) < 4.78 is 9.88. The Morgan fingerprint density at radius 2 is 1.44 bits per heavy atom. The van der Waals surface area contributed by atoms with Gasteiger partial charge in [0.1, 0.15) is 17.4 Å². The second-order valence-electron chi connectivity index (χ2n) is 7.51. The number of anilines is 2. The van der Waals surface area contributed by atoms with Gasteiger partial charge >= 0.3 is 12.2 Å². The Morgan fingerprint density at radius 1 is 0.833 bits per heavy atom. The highest BCUT2D eigenvalue weighted by molar-refractivity contribution is 5.86. The van der Waals surface area contributed by atoms with Crippen LogP contribution in [0.25, 0.3) is 22.4 Å². The van der Waals surface area contributed by atoms with Crippen molar-refractivity contribution in [3.63, 3.8) is 0 Å². The highest BCUT2D eigenvalue weighted by Gasteiger charge is 2.14. The summed E-state index contributed by atoms with van der Waals surface area (Å²) in [6.07, 6.45) is -1.24. The Labute approximate surface area is 205 Å². The number of nitrogens with one attached hydrogen (secondary N) is 3. The summed E-state index contributed by atoms with van der Waals surface area (Å²) in [5, 5.41) is 14.8. The molecule has 0 saturated carbocycles. The first-order chi connectivity index (χ1) is 17.5. The minimum atomic E-state index is -0.643. The predicted octanol–water partition coefficient (Wildman–Crippen LogP) is 5.37. The van der Waals surface area contributed by atoms with Crippen molar-refractivity contribution in [2.45, 2.75) is 0 Å². The number of benzene rings is 3. The molecule has 3 aromatic carbocycles. The summed E-state index contributed by atoms with van der Waals surface area (Å²) in [7, 11) is 1.27. The SMILES string of the molecule is COC(=O)Nc1ccc(-c2cc(-c3ccc(OC(=O)Nc4ccccc4)cc3)c(C#N)c(=O)[nH]2)cc1. The molecule has 9 nitrogen and oxygen atoms in total. The van der Waals surface area contributed by atoms with E-state index < -0.39 is 17.7 Å². The largest absolute Gasteiger partial charge is 0.453 e. The Bertz CT molecular complexity index is 1490. The zero-order chi connectivity index (χ0) is 25.5. The lowest BCUT2D eigenvalue weighted by Gasteiger charge is -2.10. The number of nitrogens with zero attached hydrogens (tertiary/aromatic N) is 1. The molecule has 0 saturated heterocycles. The zero-order valence-corrected chi connectivity index (χ0v) is 19.1. The molecule has 0 bridgehead atoms. The number of hydrogen-bond donors (Lipinski definition) is 3. The van der Waals surface area contributed by atoms with E-state index in [1.54, 1.807) is 78.9 Å². The van der Waals surface area contributed by atoms with Gasteiger partial charge in [0.15, 0.2) is 0 Å². The topological polar surface area (TPSA) is 133 Å². The quantitative estimate of drug-likeness (QED) is 0.352. The lowest BCUT2D eigenvalue weighted by molar-refractivity contribution is 0.187. The van der Waals surface area contributed by atoms with E-state index in [1.165, 1.54) is 7.11 Å². The number of H-pyrrole nitrogens is 1. The fraction of sp³-hybridized carbons (Fsp3) is 0.0370. The first-order valence-corrected chi connectivity index (χ1v) is 10.7. The number of hydrogen-bond acceptors (Lipinski definition) is 6. The summed E-state index contributed by atoms with van der Waals surface area (Å²) in [6, 6.07) is 25.8. The van der Waals surface area contributed by atoms with E-state index >= 15 is 0 Å². The van der Waals surface area contributed by atoms with Crippen LogP contribution in [0.1, 0.15) is 5.56 Å². The van der Waals surface area contributed by atoms with Crippen molar-refractivity contribution in [2.75, 3.05) is 17.7 Å². The van der Waals surface area contributed by atoms with Gasteiger partial charge in [-0.15, -0.1) is 0 Å². The third-order valence-electron chi connectivity index (χ3n) is 5.17. The Morgan fingerprint density at radius 3 is 2.08 bits per heavy atom. The fourth-order valence-corrected chi connectivity index (χ4v) is 3.43. The van der Waals surface area contributed by atoms with Crippen molar-refractivity contribution in [1.82, 2.24) is 4.98 Å². The minimum absolute atomic E-state index is 0.0433. The summed E-state index contributed by atoms with van der Waals surface area (Å²) >= 11 is 0. The number of para-hydroxylation sites is 1. The average molecular weight is 480 g/mol. The molecule has 1 heterocycles. The molecular weight excluding hydrogens is 460 g/mol. The smallest absolute Gasteiger partial charge is 0.417 e. The average Bonchev–Trinajstić information content (AvgIpc) is 2.89. The van der Waals surface area contributed by atoms with Crippen LogP contribution in [0, 0.1) is 11.3 Å². The number of aromatic amines is 1. The number of nitriles is 1. The van der Waals surface area contributed by atoms with Gasteiger partial charge < -0.3 is 14.5 Å². The third kappa shape index (κ3) is 5.58. The number of aromatic nitrogens is 1. The van der Waals surface area contributed by atoms with Crippen molar-refractivity contribution >= 4 is 23.6 Å². The molecule has 0 fully saturated rings. The van der Waals surface area contributed by atoms with E-state index in [-0.39, 0.29) is 5.56 Å². The molecule has 0 aliphatic carbocycles. The van der Waals surface area contributed by atoms with Crippen LogP contribution in [0.2, 0.25) is 0 Å². The molecule has 3 N–H and O–H groups in total. The van der Waals surface area contributed by atoms with Crippen LogP contribution in [0.4, 0.5) is 21.0 Å². The molecule has 0 spiro atoms. The van der Waals surface area contributed by atoms with E-state index in [0.717, 1.165) is 0 Å². The summed E-state index contributed by atoms with van der Waals surface area (Å²) in [5.41, 5.74) is 2.72. The molecule has 2 amide bonds. The van der Waals surface area contributed by atoms with Gasteiger partial charge in [0.05, 0.1) is 7.11 Å². The minimum Gasteiger partial charge on any atom is -0.453 e. The van der Waals surface area contributed by atoms with E-state index in [1.807, 2.05) is 12.1 Å². The van der Waals surface area contributed by atoms with Crippen LogP contribution in [0.15, 0.2) is 89.7 Å². The first-order valence-electron chi connectivity index (χ1n) is 10.7. The Kier molecular flexibility index (Phi) is 7.08. The molecule has 36 heavy (non-hydrogen) atoms. The number of carbonyl (C=O) groups is 2. The fourth-order valence-electron chi connectivity index (χ4n) is 3.43. The Hall–Kier alpha value is -5.36. The maximum absolute atomic E-state index is 12.6. The maximum atomic E-state index is 12.6. The van der Waals surface area contributed by atoms with Gasteiger partial charge in [-0.2, -0.15) is 5.26 Å². The van der Waals surface area contributed by atoms with Crippen molar-refractivity contribution < 1.29 is 19.1 Å². The second-order valence-corrected chi connectivity index (χ2v) is 7.51. The van der Waals surface area contributed by atoms with Crippen molar-refractivity contribution in [1.29, 1.82) is 5.26 Å².